The number of fused-ring (bicyclic) bond motifs is 1. The van der Waals surface area contributed by atoms with Crippen molar-refractivity contribution in [3.05, 3.63) is 17.5 Å². The molecule has 4 N–H and O–H groups in total. The van der Waals surface area contributed by atoms with Crippen LogP contribution in [0.1, 0.15) is 12.6 Å². The number of pyridine rings is 1. The lowest BCUT2D eigenvalue weighted by Gasteiger charge is -2.16. The number of nitrogens with two attached hydrogens (primary N) is 1. The lowest BCUT2D eigenvalue weighted by atomic mass is 10.2. The number of rotatable bonds is 2. The van der Waals surface area contributed by atoms with E-state index < -0.39 is 18.4 Å². The summed E-state index contributed by atoms with van der Waals surface area (Å²) >= 11 is 5.88. The lowest BCUT2D eigenvalue weighted by molar-refractivity contribution is -0.0486. The number of hydrogen-bond acceptors (Lipinski definition) is 6. The van der Waals surface area contributed by atoms with Crippen molar-refractivity contribution in [3.8, 4) is 0 Å². The Kier molecular flexibility index (Phi) is 3.06. The number of ether oxygens (including phenoxy) is 1. The third kappa shape index (κ3) is 2.04. The fourth-order valence-electron chi connectivity index (χ4n) is 2.28. The van der Waals surface area contributed by atoms with Gasteiger partial charge in [-0.1, -0.05) is 11.6 Å². The number of halogens is 1. The van der Waals surface area contributed by atoms with Crippen molar-refractivity contribution in [2.75, 3.05) is 12.3 Å². The Hall–Kier alpha value is -1.41. The Morgan fingerprint density at radius 3 is 3.05 bits per heavy atom. The molecule has 102 valence electrons. The zero-order chi connectivity index (χ0) is 13.6. The van der Waals surface area contributed by atoms with Crippen LogP contribution in [-0.2, 0) is 4.74 Å². The first-order valence-corrected chi connectivity index (χ1v) is 6.21. The van der Waals surface area contributed by atoms with E-state index in [1.54, 1.807) is 4.57 Å². The second kappa shape index (κ2) is 4.61. The van der Waals surface area contributed by atoms with E-state index in [0.717, 1.165) is 0 Å². The number of hydrogen-bond donors (Lipinski definition) is 3. The van der Waals surface area contributed by atoms with Crippen LogP contribution in [0.15, 0.2) is 12.4 Å². The number of aliphatic hydroxyl groups excluding tert-OH is 2. The third-order valence-corrected chi connectivity index (χ3v) is 3.37. The molecule has 2 aromatic rings. The minimum atomic E-state index is -0.739. The summed E-state index contributed by atoms with van der Waals surface area (Å²) in [4.78, 5) is 8.31. The fraction of sp³-hybridized carbons (Fsp3) is 0.455. The molecule has 2 aromatic heterocycles. The molecule has 0 amide bonds. The number of aliphatic hydroxyl groups is 2. The van der Waals surface area contributed by atoms with Crippen molar-refractivity contribution >= 4 is 28.5 Å². The van der Waals surface area contributed by atoms with Crippen molar-refractivity contribution < 1.29 is 14.9 Å². The van der Waals surface area contributed by atoms with E-state index >= 15 is 0 Å². The van der Waals surface area contributed by atoms with E-state index in [-0.39, 0.29) is 11.8 Å². The van der Waals surface area contributed by atoms with Crippen molar-refractivity contribution in [2.45, 2.75) is 24.9 Å². The van der Waals surface area contributed by atoms with Gasteiger partial charge in [0.1, 0.15) is 16.8 Å². The van der Waals surface area contributed by atoms with E-state index in [1.807, 2.05) is 0 Å². The standard InChI is InChI=1S/C11H13ClN4O3/c12-8-2-6(13)9-10(15-8)16(4-14-9)11-7(18)1-5(3-17)19-11/h2,4-5,7,11,17-18H,1,3H2,(H2,13,15)/t5-,7+,11+/m0/s1. The van der Waals surface area contributed by atoms with Crippen LogP contribution in [0, 0.1) is 0 Å². The smallest absolute Gasteiger partial charge is 0.165 e. The first-order valence-electron chi connectivity index (χ1n) is 5.83. The second-order valence-electron chi connectivity index (χ2n) is 4.49. The lowest BCUT2D eigenvalue weighted by Crippen LogP contribution is -2.19. The van der Waals surface area contributed by atoms with Gasteiger partial charge in [-0.25, -0.2) is 9.97 Å². The van der Waals surface area contributed by atoms with Crippen LogP contribution in [0.2, 0.25) is 5.15 Å². The second-order valence-corrected chi connectivity index (χ2v) is 4.88. The van der Waals surface area contributed by atoms with Crippen molar-refractivity contribution in [3.63, 3.8) is 0 Å². The quantitative estimate of drug-likeness (QED) is 0.685. The molecule has 1 aliphatic heterocycles. The highest BCUT2D eigenvalue weighted by molar-refractivity contribution is 6.30. The summed E-state index contributed by atoms with van der Waals surface area (Å²) in [5.74, 6) is 0. The molecule has 0 bridgehead atoms. The van der Waals surface area contributed by atoms with Crippen LogP contribution in [0.3, 0.4) is 0 Å². The summed E-state index contributed by atoms with van der Waals surface area (Å²) in [6, 6.07) is 1.52. The Labute approximate surface area is 113 Å². The molecule has 0 spiro atoms. The Morgan fingerprint density at radius 1 is 1.58 bits per heavy atom. The van der Waals surface area contributed by atoms with Crippen molar-refractivity contribution in [1.29, 1.82) is 0 Å². The molecular formula is C11H13ClN4O3. The molecule has 1 saturated heterocycles. The van der Waals surface area contributed by atoms with Gasteiger partial charge < -0.3 is 20.7 Å². The van der Waals surface area contributed by atoms with Gasteiger partial charge in [0.05, 0.1) is 24.7 Å². The maximum atomic E-state index is 9.98. The Bertz CT molecular complexity index is 617. The first-order chi connectivity index (χ1) is 9.10. The third-order valence-electron chi connectivity index (χ3n) is 3.17. The van der Waals surface area contributed by atoms with Crippen LogP contribution in [0.25, 0.3) is 11.2 Å². The minimum Gasteiger partial charge on any atom is -0.397 e. The average molecular weight is 285 g/mol. The molecule has 0 aromatic carbocycles. The van der Waals surface area contributed by atoms with E-state index in [1.165, 1.54) is 12.4 Å². The normalized spacial score (nSPS) is 27.2. The van der Waals surface area contributed by atoms with Crippen LogP contribution in [0.4, 0.5) is 5.69 Å². The molecule has 3 heterocycles. The minimum absolute atomic E-state index is 0.142. The summed E-state index contributed by atoms with van der Waals surface area (Å²) in [5.41, 5.74) is 7.19. The Morgan fingerprint density at radius 2 is 2.37 bits per heavy atom. The van der Waals surface area contributed by atoms with Crippen molar-refractivity contribution in [2.24, 2.45) is 0 Å². The molecule has 7 nitrogen and oxygen atoms in total. The average Bonchev–Trinajstić information content (AvgIpc) is 2.92. The zero-order valence-corrected chi connectivity index (χ0v) is 10.7. The van der Waals surface area contributed by atoms with Crippen LogP contribution < -0.4 is 5.73 Å². The molecule has 3 atom stereocenters. The van der Waals surface area contributed by atoms with Gasteiger partial charge in [-0.15, -0.1) is 0 Å². The summed E-state index contributed by atoms with van der Waals surface area (Å²) in [7, 11) is 0. The summed E-state index contributed by atoms with van der Waals surface area (Å²) in [6.07, 6.45) is 0.0765. The molecule has 19 heavy (non-hydrogen) atoms. The van der Waals surface area contributed by atoms with Gasteiger partial charge in [0.25, 0.3) is 0 Å². The van der Waals surface area contributed by atoms with Crippen molar-refractivity contribution in [1.82, 2.24) is 14.5 Å². The molecule has 1 aliphatic rings. The summed E-state index contributed by atoms with van der Waals surface area (Å²) in [6.45, 7) is -0.142. The number of anilines is 1. The predicted octanol–water partition coefficient (Wildman–Crippen LogP) is 0.308. The molecular weight excluding hydrogens is 272 g/mol. The van der Waals surface area contributed by atoms with Gasteiger partial charge in [-0.05, 0) is 0 Å². The van der Waals surface area contributed by atoms with E-state index in [4.69, 9.17) is 27.2 Å². The van der Waals surface area contributed by atoms with Gasteiger partial charge in [0, 0.05) is 12.5 Å². The Balaban J connectivity index is 2.06. The van der Waals surface area contributed by atoms with Crippen LogP contribution in [0.5, 0.6) is 0 Å². The maximum absolute atomic E-state index is 9.98. The van der Waals surface area contributed by atoms with E-state index in [9.17, 15) is 5.11 Å². The predicted molar refractivity (Wildman–Crippen MR) is 68.6 cm³/mol. The first kappa shape index (κ1) is 12.6. The van der Waals surface area contributed by atoms with Gasteiger partial charge in [-0.2, -0.15) is 0 Å². The zero-order valence-electron chi connectivity index (χ0n) is 9.90. The van der Waals surface area contributed by atoms with E-state index in [0.29, 0.717) is 23.3 Å². The fourth-order valence-corrected chi connectivity index (χ4v) is 2.48. The highest BCUT2D eigenvalue weighted by atomic mass is 35.5. The molecule has 0 saturated carbocycles. The van der Waals surface area contributed by atoms with Crippen LogP contribution in [-0.4, -0.2) is 43.6 Å². The maximum Gasteiger partial charge on any atom is 0.165 e. The SMILES string of the molecule is Nc1cc(Cl)nc2c1ncn2[C@@H]1O[C@H](CO)C[C@H]1O. The number of imidazole rings is 1. The van der Waals surface area contributed by atoms with Crippen LogP contribution >= 0.6 is 11.6 Å². The largest absolute Gasteiger partial charge is 0.397 e. The van der Waals surface area contributed by atoms with Gasteiger partial charge >= 0.3 is 0 Å². The number of nitrogen functional groups attached to an aromatic ring is 1. The highest BCUT2D eigenvalue weighted by Crippen LogP contribution is 2.32. The van der Waals surface area contributed by atoms with Gasteiger partial charge in [-0.3, -0.25) is 4.57 Å². The number of aromatic nitrogens is 3. The van der Waals surface area contributed by atoms with Gasteiger partial charge in [0.2, 0.25) is 0 Å². The summed E-state index contributed by atoms with van der Waals surface area (Å²) < 4.78 is 7.14. The summed E-state index contributed by atoms with van der Waals surface area (Å²) in [5, 5.41) is 19.3. The molecule has 0 unspecified atom stereocenters. The van der Waals surface area contributed by atoms with E-state index in [2.05, 4.69) is 9.97 Å². The molecule has 0 radical (unpaired) electrons. The van der Waals surface area contributed by atoms with Gasteiger partial charge in [0.15, 0.2) is 11.9 Å². The topological polar surface area (TPSA) is 106 Å². The molecule has 3 rings (SSSR count). The molecule has 1 fully saturated rings. The highest BCUT2D eigenvalue weighted by Gasteiger charge is 2.35. The molecule has 0 aliphatic carbocycles. The molecule has 8 heteroatoms. The number of nitrogens with zero attached hydrogens (tertiary/aromatic N) is 3. The monoisotopic (exact) mass is 284 g/mol.